The van der Waals surface area contributed by atoms with Crippen molar-refractivity contribution >= 4 is 23.4 Å². The predicted molar refractivity (Wildman–Crippen MR) is 175 cm³/mol. The van der Waals surface area contributed by atoms with Gasteiger partial charge in [-0.3, -0.25) is 24.2 Å². The van der Waals surface area contributed by atoms with Gasteiger partial charge in [0, 0.05) is 45.2 Å². The van der Waals surface area contributed by atoms with Gasteiger partial charge in [-0.2, -0.15) is 0 Å². The molecular weight excluding hydrogens is 568 g/mol. The van der Waals surface area contributed by atoms with Crippen molar-refractivity contribution in [2.45, 2.75) is 51.6 Å². The molecule has 0 aromatic heterocycles. The molecular formula is C36H44N4O5. The number of carbonyl (C=O) groups is 3. The maximum Gasteiger partial charge on any atom is 0.264 e. The van der Waals surface area contributed by atoms with Crippen LogP contribution in [-0.2, 0) is 4.79 Å². The normalized spacial score (nSPS) is 16.4. The zero-order valence-electron chi connectivity index (χ0n) is 26.8. The van der Waals surface area contributed by atoms with Gasteiger partial charge in [0.05, 0.1) is 37.1 Å². The van der Waals surface area contributed by atoms with Crippen LogP contribution in [0.1, 0.15) is 83.5 Å². The first-order valence-electron chi connectivity index (χ1n) is 15.9. The van der Waals surface area contributed by atoms with Crippen LogP contribution in [0.5, 0.6) is 11.5 Å². The number of methoxy groups -OCH3 is 2. The second kappa shape index (κ2) is 14.6. The van der Waals surface area contributed by atoms with Gasteiger partial charge in [-0.25, -0.2) is 0 Å². The van der Waals surface area contributed by atoms with Crippen molar-refractivity contribution in [2.75, 3.05) is 51.8 Å². The van der Waals surface area contributed by atoms with Crippen LogP contribution in [0.4, 0.5) is 5.69 Å². The maximum atomic E-state index is 14.3. The molecule has 0 bridgehead atoms. The van der Waals surface area contributed by atoms with Gasteiger partial charge in [-0.15, -0.1) is 0 Å². The van der Waals surface area contributed by atoms with Crippen LogP contribution < -0.4 is 19.7 Å². The molecule has 1 fully saturated rings. The average Bonchev–Trinajstić information content (AvgIpc) is 3.33. The molecule has 3 aromatic carbocycles. The fourth-order valence-electron chi connectivity index (χ4n) is 6.47. The lowest BCUT2D eigenvalue weighted by Gasteiger charge is -2.39. The Hall–Kier alpha value is -4.37. The van der Waals surface area contributed by atoms with Gasteiger partial charge in [0.15, 0.2) is 11.5 Å². The van der Waals surface area contributed by atoms with Crippen molar-refractivity contribution in [1.29, 1.82) is 0 Å². The molecule has 3 aromatic rings. The molecule has 2 atom stereocenters. The molecule has 0 saturated carbocycles. The third-order valence-corrected chi connectivity index (χ3v) is 8.97. The Morgan fingerprint density at radius 2 is 1.60 bits per heavy atom. The molecule has 9 heteroatoms. The smallest absolute Gasteiger partial charge is 0.264 e. The summed E-state index contributed by atoms with van der Waals surface area (Å²) in [5, 5.41) is 2.95. The third kappa shape index (κ3) is 6.83. The van der Waals surface area contributed by atoms with Crippen LogP contribution in [0.25, 0.3) is 0 Å². The van der Waals surface area contributed by atoms with E-state index in [-0.39, 0.29) is 17.7 Å². The summed E-state index contributed by atoms with van der Waals surface area (Å²) in [6.45, 7) is 7.87. The van der Waals surface area contributed by atoms with Gasteiger partial charge in [-0.05, 0) is 61.6 Å². The molecule has 1 N–H and O–H groups in total. The molecule has 1 unspecified atom stereocenters. The molecule has 1 saturated heterocycles. The molecule has 2 heterocycles. The van der Waals surface area contributed by atoms with Crippen LogP contribution in [0, 0.1) is 0 Å². The summed E-state index contributed by atoms with van der Waals surface area (Å²) < 4.78 is 11.0. The lowest BCUT2D eigenvalue weighted by Crippen LogP contribution is -2.47. The molecule has 0 spiro atoms. The Morgan fingerprint density at radius 1 is 0.867 bits per heavy atom. The van der Waals surface area contributed by atoms with Crippen molar-refractivity contribution in [2.24, 2.45) is 0 Å². The van der Waals surface area contributed by atoms with E-state index in [9.17, 15) is 14.4 Å². The number of carbonyl (C=O) groups excluding carboxylic acids is 3. The van der Waals surface area contributed by atoms with Crippen LogP contribution in [0.2, 0.25) is 0 Å². The summed E-state index contributed by atoms with van der Waals surface area (Å²) in [4.78, 5) is 46.5. The zero-order chi connectivity index (χ0) is 31.9. The van der Waals surface area contributed by atoms with Crippen molar-refractivity contribution in [3.05, 3.63) is 89.0 Å². The summed E-state index contributed by atoms with van der Waals surface area (Å²) in [6.07, 6.45) is 2.33. The van der Waals surface area contributed by atoms with Gasteiger partial charge in [0.1, 0.15) is 0 Å². The Morgan fingerprint density at radius 3 is 2.29 bits per heavy atom. The molecule has 238 valence electrons. The SMILES string of the molecule is CCCC(=O)NCCC[C@H](c1ccc(OC)c(OC)c1)N1C(=O)c2cccc(N3CCN(C(C)c4ccccc4)CC3)c2C1=O. The number of nitrogens with zero attached hydrogens (tertiary/aromatic N) is 3. The number of imide groups is 1. The minimum Gasteiger partial charge on any atom is -0.493 e. The fraction of sp³-hybridized carbons (Fsp3) is 0.417. The van der Waals surface area contributed by atoms with Crippen molar-refractivity contribution in [1.82, 2.24) is 15.1 Å². The molecule has 0 aliphatic carbocycles. The first-order valence-corrected chi connectivity index (χ1v) is 15.9. The number of hydrogen-bond donors (Lipinski definition) is 1. The van der Waals surface area contributed by atoms with E-state index < -0.39 is 6.04 Å². The maximum absolute atomic E-state index is 14.3. The highest BCUT2D eigenvalue weighted by Crippen LogP contribution is 2.40. The Kier molecular flexibility index (Phi) is 10.4. The number of rotatable bonds is 13. The van der Waals surface area contributed by atoms with Crippen LogP contribution in [0.3, 0.4) is 0 Å². The van der Waals surface area contributed by atoms with Crippen molar-refractivity contribution in [3.8, 4) is 11.5 Å². The van der Waals surface area contributed by atoms with Gasteiger partial charge in [0.25, 0.3) is 11.8 Å². The first kappa shape index (κ1) is 32.0. The number of anilines is 1. The van der Waals surface area contributed by atoms with Gasteiger partial charge >= 0.3 is 0 Å². The van der Waals surface area contributed by atoms with Crippen LogP contribution in [-0.4, -0.2) is 74.5 Å². The number of piperazine rings is 1. The average molecular weight is 613 g/mol. The highest BCUT2D eigenvalue weighted by Gasteiger charge is 2.43. The van der Waals surface area contributed by atoms with E-state index in [1.165, 1.54) is 10.5 Å². The Bertz CT molecular complexity index is 1500. The first-order chi connectivity index (χ1) is 21.9. The van der Waals surface area contributed by atoms with E-state index in [0.29, 0.717) is 54.5 Å². The number of hydrogen-bond acceptors (Lipinski definition) is 7. The van der Waals surface area contributed by atoms with E-state index in [0.717, 1.165) is 43.9 Å². The Labute approximate surface area is 266 Å². The topological polar surface area (TPSA) is 91.4 Å². The molecule has 5 rings (SSSR count). The second-order valence-corrected chi connectivity index (χ2v) is 11.7. The van der Waals surface area contributed by atoms with E-state index in [1.54, 1.807) is 26.4 Å². The minimum absolute atomic E-state index is 0.00352. The van der Waals surface area contributed by atoms with E-state index >= 15 is 0 Å². The largest absolute Gasteiger partial charge is 0.493 e. The summed E-state index contributed by atoms with van der Waals surface area (Å²) in [5.41, 5.74) is 3.76. The summed E-state index contributed by atoms with van der Waals surface area (Å²) >= 11 is 0. The Balaban J connectivity index is 1.38. The standard InChI is InChI=1S/C36H44N4O5/c1-5-11-33(41)37-19-10-16-29(27-17-18-31(44-3)32(24-27)45-4)40-35(42)28-14-9-15-30(34(28)36(40)43)39-22-20-38(21-23-39)25(2)26-12-7-6-8-13-26/h6-9,12-15,17-18,24-25,29H,5,10-11,16,19-23H2,1-4H3,(H,37,41)/t25?,29-/m1/s1. The number of amides is 3. The van der Waals surface area contributed by atoms with Crippen molar-refractivity contribution in [3.63, 3.8) is 0 Å². The van der Waals surface area contributed by atoms with Crippen molar-refractivity contribution < 1.29 is 23.9 Å². The number of benzene rings is 3. The summed E-state index contributed by atoms with van der Waals surface area (Å²) in [7, 11) is 3.14. The highest BCUT2D eigenvalue weighted by molar-refractivity contribution is 6.24. The van der Waals surface area contributed by atoms with Gasteiger partial charge in [-0.1, -0.05) is 49.4 Å². The second-order valence-electron chi connectivity index (χ2n) is 11.7. The third-order valence-electron chi connectivity index (χ3n) is 8.97. The summed E-state index contributed by atoms with van der Waals surface area (Å²) in [5.74, 6) is 0.501. The molecule has 2 aliphatic rings. The molecule has 9 nitrogen and oxygen atoms in total. The molecule has 3 amide bonds. The monoisotopic (exact) mass is 612 g/mol. The van der Waals surface area contributed by atoms with E-state index in [4.69, 9.17) is 9.47 Å². The minimum atomic E-state index is -0.545. The lowest BCUT2D eigenvalue weighted by molar-refractivity contribution is -0.121. The number of fused-ring (bicyclic) bond motifs is 1. The van der Waals surface area contributed by atoms with Gasteiger partial charge in [0.2, 0.25) is 5.91 Å². The lowest BCUT2D eigenvalue weighted by atomic mass is 9.99. The number of nitrogens with one attached hydrogen (secondary N) is 1. The molecule has 45 heavy (non-hydrogen) atoms. The zero-order valence-corrected chi connectivity index (χ0v) is 26.8. The fourth-order valence-corrected chi connectivity index (χ4v) is 6.47. The quantitative estimate of drug-likeness (QED) is 0.198. The summed E-state index contributed by atoms with van der Waals surface area (Å²) in [6, 6.07) is 21.3. The highest BCUT2D eigenvalue weighted by atomic mass is 16.5. The van der Waals surface area contributed by atoms with Gasteiger partial charge < -0.3 is 19.7 Å². The molecule has 0 radical (unpaired) electrons. The predicted octanol–water partition coefficient (Wildman–Crippen LogP) is 5.62. The van der Waals surface area contributed by atoms with E-state index in [1.807, 2.05) is 37.3 Å². The number of ether oxygens (including phenoxy) is 2. The van der Waals surface area contributed by atoms with E-state index in [2.05, 4.69) is 46.3 Å². The molecule has 2 aliphatic heterocycles. The van der Waals surface area contributed by atoms with Crippen LogP contribution in [0.15, 0.2) is 66.7 Å². The van der Waals surface area contributed by atoms with Crippen LogP contribution >= 0.6 is 0 Å².